The molecule has 0 atom stereocenters. The van der Waals surface area contributed by atoms with Crippen LogP contribution in [-0.4, -0.2) is 18.0 Å². The summed E-state index contributed by atoms with van der Waals surface area (Å²) < 4.78 is 11.1. The van der Waals surface area contributed by atoms with Crippen molar-refractivity contribution in [3.8, 4) is 17.2 Å². The van der Waals surface area contributed by atoms with Crippen molar-refractivity contribution in [2.75, 3.05) is 12.4 Å². The van der Waals surface area contributed by atoms with Crippen LogP contribution in [0.2, 0.25) is 5.02 Å². The van der Waals surface area contributed by atoms with Gasteiger partial charge in [-0.15, -0.1) is 0 Å². The molecule has 0 bridgehead atoms. The molecule has 0 unspecified atom stereocenters. The van der Waals surface area contributed by atoms with Gasteiger partial charge in [0.15, 0.2) is 5.58 Å². The summed E-state index contributed by atoms with van der Waals surface area (Å²) in [4.78, 5) is 17.1. The Hall–Kier alpha value is -3.31. The van der Waals surface area contributed by atoms with Crippen LogP contribution in [0.3, 0.4) is 0 Å². The van der Waals surface area contributed by atoms with Crippen molar-refractivity contribution >= 4 is 34.3 Å². The number of ether oxygens (including phenoxy) is 1. The Labute approximate surface area is 166 Å². The zero-order chi connectivity index (χ0) is 19.7. The number of nitrogens with zero attached hydrogens (tertiary/aromatic N) is 1. The summed E-state index contributed by atoms with van der Waals surface area (Å²) in [6, 6.07) is 18.0. The normalized spacial score (nSPS) is 10.8. The first-order valence-electron chi connectivity index (χ1n) is 8.67. The quantitative estimate of drug-likeness (QED) is 0.482. The van der Waals surface area contributed by atoms with Gasteiger partial charge < -0.3 is 14.5 Å². The first-order valence-corrected chi connectivity index (χ1v) is 9.05. The lowest BCUT2D eigenvalue weighted by Gasteiger charge is -2.10. The molecule has 0 aliphatic carbocycles. The van der Waals surface area contributed by atoms with E-state index in [0.717, 1.165) is 11.1 Å². The maximum absolute atomic E-state index is 12.5. The summed E-state index contributed by atoms with van der Waals surface area (Å²) in [5.41, 5.74) is 4.22. The number of anilines is 1. The topological polar surface area (TPSA) is 64.4 Å². The Morgan fingerprint density at radius 3 is 2.68 bits per heavy atom. The molecule has 3 aromatic carbocycles. The van der Waals surface area contributed by atoms with Gasteiger partial charge in [0.25, 0.3) is 5.91 Å². The molecule has 140 valence electrons. The van der Waals surface area contributed by atoms with Crippen LogP contribution in [0, 0.1) is 6.92 Å². The Balaban J connectivity index is 1.62. The predicted molar refractivity (Wildman–Crippen MR) is 110 cm³/mol. The number of hydrogen-bond donors (Lipinski definition) is 1. The highest BCUT2D eigenvalue weighted by Crippen LogP contribution is 2.33. The number of aromatic nitrogens is 1. The molecular weight excluding hydrogens is 376 g/mol. The number of halogens is 1. The SMILES string of the molecule is COc1ccccc1C(=O)Nc1ccc(-c2nc3c(C)cccc3o2)c(Cl)c1. The van der Waals surface area contributed by atoms with Crippen molar-refractivity contribution in [3.63, 3.8) is 0 Å². The number of carbonyl (C=O) groups is 1. The molecule has 0 radical (unpaired) electrons. The standard InChI is InChI=1S/C22H17ClN2O3/c1-13-6-5-9-19-20(13)25-22(28-19)15-11-10-14(12-17(15)23)24-21(26)16-7-3-4-8-18(16)27-2/h3-12H,1-2H3,(H,24,26). The zero-order valence-corrected chi connectivity index (χ0v) is 16.1. The van der Waals surface area contributed by atoms with E-state index < -0.39 is 0 Å². The van der Waals surface area contributed by atoms with Crippen LogP contribution >= 0.6 is 11.6 Å². The third-order valence-corrected chi connectivity index (χ3v) is 4.74. The maximum atomic E-state index is 12.5. The minimum absolute atomic E-state index is 0.279. The van der Waals surface area contributed by atoms with E-state index >= 15 is 0 Å². The van der Waals surface area contributed by atoms with Gasteiger partial charge in [0.05, 0.1) is 23.3 Å². The smallest absolute Gasteiger partial charge is 0.259 e. The number of amides is 1. The first-order chi connectivity index (χ1) is 13.6. The van der Waals surface area contributed by atoms with Crippen molar-refractivity contribution in [3.05, 3.63) is 76.8 Å². The van der Waals surface area contributed by atoms with Gasteiger partial charge in [-0.25, -0.2) is 4.98 Å². The fraction of sp³-hybridized carbons (Fsp3) is 0.0909. The highest BCUT2D eigenvalue weighted by Gasteiger charge is 2.15. The van der Waals surface area contributed by atoms with E-state index in [4.69, 9.17) is 20.8 Å². The number of methoxy groups -OCH3 is 1. The second kappa shape index (κ2) is 7.37. The minimum atomic E-state index is -0.279. The molecule has 0 aliphatic rings. The molecule has 1 heterocycles. The van der Waals surface area contributed by atoms with Gasteiger partial charge in [-0.05, 0) is 48.9 Å². The van der Waals surface area contributed by atoms with Crippen LogP contribution in [0.15, 0.2) is 65.1 Å². The second-order valence-electron chi connectivity index (χ2n) is 6.29. The van der Waals surface area contributed by atoms with Crippen LogP contribution in [0.4, 0.5) is 5.69 Å². The number of benzene rings is 3. The molecule has 6 heteroatoms. The van der Waals surface area contributed by atoms with Crippen molar-refractivity contribution < 1.29 is 13.9 Å². The van der Waals surface area contributed by atoms with E-state index in [1.807, 2.05) is 31.2 Å². The van der Waals surface area contributed by atoms with Gasteiger partial charge in [-0.3, -0.25) is 4.79 Å². The summed E-state index contributed by atoms with van der Waals surface area (Å²) >= 11 is 6.44. The second-order valence-corrected chi connectivity index (χ2v) is 6.70. The number of carbonyl (C=O) groups excluding carboxylic acids is 1. The summed E-state index contributed by atoms with van der Waals surface area (Å²) in [6.07, 6.45) is 0. The highest BCUT2D eigenvalue weighted by molar-refractivity contribution is 6.33. The van der Waals surface area contributed by atoms with Crippen LogP contribution in [0.25, 0.3) is 22.6 Å². The zero-order valence-electron chi connectivity index (χ0n) is 15.3. The van der Waals surface area contributed by atoms with Crippen LogP contribution < -0.4 is 10.1 Å². The monoisotopic (exact) mass is 392 g/mol. The first kappa shape index (κ1) is 18.1. The van der Waals surface area contributed by atoms with Crippen molar-refractivity contribution in [1.82, 2.24) is 4.98 Å². The summed E-state index contributed by atoms with van der Waals surface area (Å²) in [7, 11) is 1.53. The van der Waals surface area contributed by atoms with Gasteiger partial charge in [0.2, 0.25) is 5.89 Å². The Kier molecular flexibility index (Phi) is 4.75. The number of nitrogens with one attached hydrogen (secondary N) is 1. The molecule has 0 saturated carbocycles. The van der Waals surface area contributed by atoms with Crippen LogP contribution in [0.5, 0.6) is 5.75 Å². The van der Waals surface area contributed by atoms with Gasteiger partial charge in [0, 0.05) is 5.69 Å². The summed E-state index contributed by atoms with van der Waals surface area (Å²) in [5.74, 6) is 0.667. The van der Waals surface area contributed by atoms with Crippen LogP contribution in [-0.2, 0) is 0 Å². The van der Waals surface area contributed by atoms with E-state index in [9.17, 15) is 4.79 Å². The van der Waals surface area contributed by atoms with E-state index in [1.165, 1.54) is 7.11 Å². The number of aryl methyl sites for hydroxylation is 1. The van der Waals surface area contributed by atoms with Gasteiger partial charge >= 0.3 is 0 Å². The largest absolute Gasteiger partial charge is 0.496 e. The molecule has 1 aromatic heterocycles. The Morgan fingerprint density at radius 1 is 1.11 bits per heavy atom. The third-order valence-electron chi connectivity index (χ3n) is 4.43. The summed E-state index contributed by atoms with van der Waals surface area (Å²) in [6.45, 7) is 1.98. The maximum Gasteiger partial charge on any atom is 0.259 e. The highest BCUT2D eigenvalue weighted by atomic mass is 35.5. The molecule has 28 heavy (non-hydrogen) atoms. The lowest BCUT2D eigenvalue weighted by atomic mass is 10.1. The fourth-order valence-electron chi connectivity index (χ4n) is 3.00. The third kappa shape index (κ3) is 3.32. The van der Waals surface area contributed by atoms with Gasteiger partial charge in [-0.1, -0.05) is 35.9 Å². The van der Waals surface area contributed by atoms with Crippen LogP contribution in [0.1, 0.15) is 15.9 Å². The molecule has 0 fully saturated rings. The fourth-order valence-corrected chi connectivity index (χ4v) is 3.26. The van der Waals surface area contributed by atoms with Crippen molar-refractivity contribution in [2.45, 2.75) is 6.92 Å². The number of oxazole rings is 1. The number of rotatable bonds is 4. The van der Waals surface area contributed by atoms with Crippen molar-refractivity contribution in [1.29, 1.82) is 0 Å². The van der Waals surface area contributed by atoms with E-state index in [-0.39, 0.29) is 5.91 Å². The average molecular weight is 393 g/mol. The van der Waals surface area contributed by atoms with Gasteiger partial charge in [0.1, 0.15) is 11.3 Å². The molecule has 4 aromatic rings. The van der Waals surface area contributed by atoms with E-state index in [2.05, 4.69) is 10.3 Å². The molecule has 4 rings (SSSR count). The molecule has 5 nitrogen and oxygen atoms in total. The molecule has 0 saturated heterocycles. The molecule has 0 spiro atoms. The predicted octanol–water partition coefficient (Wildman–Crippen LogP) is 5.72. The Bertz CT molecular complexity index is 1180. The molecular formula is C22H17ClN2O3. The summed E-state index contributed by atoms with van der Waals surface area (Å²) in [5, 5.41) is 3.27. The van der Waals surface area contributed by atoms with E-state index in [0.29, 0.717) is 39.1 Å². The minimum Gasteiger partial charge on any atom is -0.496 e. The lowest BCUT2D eigenvalue weighted by Crippen LogP contribution is -2.13. The number of fused-ring (bicyclic) bond motifs is 1. The Morgan fingerprint density at radius 2 is 1.93 bits per heavy atom. The molecule has 0 aliphatic heterocycles. The number of hydrogen-bond acceptors (Lipinski definition) is 4. The van der Waals surface area contributed by atoms with Crippen molar-refractivity contribution in [2.24, 2.45) is 0 Å². The average Bonchev–Trinajstić information content (AvgIpc) is 3.13. The number of para-hydroxylation sites is 2. The van der Waals surface area contributed by atoms with Gasteiger partial charge in [-0.2, -0.15) is 0 Å². The molecule has 1 N–H and O–H groups in total. The lowest BCUT2D eigenvalue weighted by molar-refractivity contribution is 0.102. The molecule has 1 amide bonds. The van der Waals surface area contributed by atoms with E-state index in [1.54, 1.807) is 36.4 Å².